The Morgan fingerprint density at radius 1 is 1.16 bits per heavy atom. The van der Waals surface area contributed by atoms with Crippen molar-refractivity contribution >= 4 is 18.3 Å². The number of rotatable bonds is 5. The largest absolute Gasteiger partial charge is 0.350 e. The highest BCUT2D eigenvalue weighted by molar-refractivity contribution is 5.94. The number of carbonyl (C=O) groups excluding carboxylic acids is 1. The van der Waals surface area contributed by atoms with E-state index in [1.54, 1.807) is 0 Å². The predicted octanol–water partition coefficient (Wildman–Crippen LogP) is 2.97. The van der Waals surface area contributed by atoms with E-state index in [9.17, 15) is 4.79 Å². The fraction of sp³-hybridized carbons (Fsp3) is 0.533. The van der Waals surface area contributed by atoms with Crippen molar-refractivity contribution in [3.63, 3.8) is 0 Å². The number of amides is 1. The van der Waals surface area contributed by atoms with E-state index in [4.69, 9.17) is 5.73 Å². The molecule has 108 valence electrons. The first-order valence-electron chi connectivity index (χ1n) is 6.55. The van der Waals surface area contributed by atoms with Crippen LogP contribution in [0.15, 0.2) is 18.2 Å². The fourth-order valence-corrected chi connectivity index (χ4v) is 1.96. The van der Waals surface area contributed by atoms with Gasteiger partial charge in [-0.1, -0.05) is 31.0 Å². The first-order valence-corrected chi connectivity index (χ1v) is 6.55. The third-order valence-corrected chi connectivity index (χ3v) is 3.49. The van der Waals surface area contributed by atoms with E-state index < -0.39 is 0 Å². The highest BCUT2D eigenvalue weighted by Gasteiger charge is 2.21. The van der Waals surface area contributed by atoms with Crippen LogP contribution in [0, 0.1) is 13.8 Å². The second-order valence-corrected chi connectivity index (χ2v) is 5.13. The molecule has 3 N–H and O–H groups in total. The lowest BCUT2D eigenvalue weighted by molar-refractivity contribution is 0.0942. The maximum absolute atomic E-state index is 12.1. The van der Waals surface area contributed by atoms with Crippen molar-refractivity contribution in [2.45, 2.75) is 46.1 Å². The Kier molecular flexibility index (Phi) is 7.09. The molecule has 0 aliphatic heterocycles. The number of hydrogen-bond acceptors (Lipinski definition) is 2. The summed E-state index contributed by atoms with van der Waals surface area (Å²) in [5.41, 5.74) is 8.79. The number of carbonyl (C=O) groups is 1. The molecule has 1 rings (SSSR count). The number of benzene rings is 1. The lowest BCUT2D eigenvalue weighted by Crippen LogP contribution is -2.49. The minimum Gasteiger partial charge on any atom is -0.350 e. The van der Waals surface area contributed by atoms with Crippen LogP contribution in [0.1, 0.15) is 48.2 Å². The fourth-order valence-electron chi connectivity index (χ4n) is 1.96. The van der Waals surface area contributed by atoms with Gasteiger partial charge in [0, 0.05) is 17.6 Å². The normalized spacial score (nSPS) is 10.8. The molecule has 3 nitrogen and oxygen atoms in total. The van der Waals surface area contributed by atoms with Gasteiger partial charge in [-0.15, -0.1) is 12.4 Å². The summed E-state index contributed by atoms with van der Waals surface area (Å²) in [5, 5.41) is 2.93. The Morgan fingerprint density at radius 3 is 2.05 bits per heavy atom. The van der Waals surface area contributed by atoms with Gasteiger partial charge >= 0.3 is 0 Å². The van der Waals surface area contributed by atoms with Crippen molar-refractivity contribution in [3.05, 3.63) is 34.9 Å². The van der Waals surface area contributed by atoms with Crippen molar-refractivity contribution in [1.29, 1.82) is 0 Å². The maximum Gasteiger partial charge on any atom is 0.251 e. The molecule has 0 aliphatic rings. The highest BCUT2D eigenvalue weighted by atomic mass is 35.5. The van der Waals surface area contributed by atoms with Crippen molar-refractivity contribution < 1.29 is 4.79 Å². The molecule has 0 aliphatic carbocycles. The van der Waals surface area contributed by atoms with Crippen molar-refractivity contribution in [1.82, 2.24) is 5.32 Å². The van der Waals surface area contributed by atoms with Crippen molar-refractivity contribution in [2.75, 3.05) is 6.54 Å². The summed E-state index contributed by atoms with van der Waals surface area (Å²) in [4.78, 5) is 12.1. The highest BCUT2D eigenvalue weighted by Crippen LogP contribution is 2.11. The SMILES string of the molecule is CCC(N)(CC)CNC(=O)c1cc(C)cc(C)c1.Cl. The molecule has 19 heavy (non-hydrogen) atoms. The van der Waals surface area contributed by atoms with Crippen LogP contribution < -0.4 is 11.1 Å². The molecule has 0 saturated carbocycles. The quantitative estimate of drug-likeness (QED) is 0.873. The van der Waals surface area contributed by atoms with Gasteiger partial charge in [0.1, 0.15) is 0 Å². The molecule has 0 atom stereocenters. The first-order chi connectivity index (χ1) is 8.40. The molecule has 0 spiro atoms. The van der Waals surface area contributed by atoms with Gasteiger partial charge in [0.05, 0.1) is 0 Å². The summed E-state index contributed by atoms with van der Waals surface area (Å²) >= 11 is 0. The van der Waals surface area contributed by atoms with E-state index in [-0.39, 0.29) is 23.9 Å². The van der Waals surface area contributed by atoms with E-state index in [0.717, 1.165) is 24.0 Å². The van der Waals surface area contributed by atoms with Crippen LogP contribution in [0.3, 0.4) is 0 Å². The minimum absolute atomic E-state index is 0. The number of nitrogens with one attached hydrogen (secondary N) is 1. The van der Waals surface area contributed by atoms with Crippen LogP contribution in [-0.4, -0.2) is 18.0 Å². The Labute approximate surface area is 122 Å². The zero-order valence-corrected chi connectivity index (χ0v) is 13.1. The molecule has 0 aromatic heterocycles. The van der Waals surface area contributed by atoms with Crippen molar-refractivity contribution in [3.8, 4) is 0 Å². The molecule has 0 fully saturated rings. The Balaban J connectivity index is 0.00000324. The summed E-state index contributed by atoms with van der Waals surface area (Å²) in [6.07, 6.45) is 1.72. The molecule has 4 heteroatoms. The van der Waals surface area contributed by atoms with E-state index in [2.05, 4.69) is 11.4 Å². The Morgan fingerprint density at radius 2 is 1.63 bits per heavy atom. The summed E-state index contributed by atoms with van der Waals surface area (Å²) in [6, 6.07) is 5.86. The number of halogens is 1. The second-order valence-electron chi connectivity index (χ2n) is 5.13. The first kappa shape index (κ1) is 17.9. The lowest BCUT2D eigenvalue weighted by atomic mass is 9.94. The second kappa shape index (κ2) is 7.51. The summed E-state index contributed by atoms with van der Waals surface area (Å²) in [7, 11) is 0. The summed E-state index contributed by atoms with van der Waals surface area (Å²) < 4.78 is 0. The topological polar surface area (TPSA) is 55.1 Å². The van der Waals surface area contributed by atoms with Crippen LogP contribution in [-0.2, 0) is 0 Å². The molecule has 1 aromatic rings. The van der Waals surface area contributed by atoms with Crippen LogP contribution in [0.25, 0.3) is 0 Å². The van der Waals surface area contributed by atoms with Gasteiger partial charge in [0.2, 0.25) is 0 Å². The maximum atomic E-state index is 12.1. The molecular formula is C15H25ClN2O. The van der Waals surface area contributed by atoms with Crippen molar-refractivity contribution in [2.24, 2.45) is 5.73 Å². The van der Waals surface area contributed by atoms with Gasteiger partial charge < -0.3 is 11.1 Å². The third kappa shape index (κ3) is 5.21. The van der Waals surface area contributed by atoms with Gasteiger partial charge in [-0.05, 0) is 38.8 Å². The lowest BCUT2D eigenvalue weighted by Gasteiger charge is -2.26. The summed E-state index contributed by atoms with van der Waals surface area (Å²) in [5.74, 6) is -0.0430. The molecule has 0 heterocycles. The smallest absolute Gasteiger partial charge is 0.251 e. The summed E-state index contributed by atoms with van der Waals surface area (Å²) in [6.45, 7) is 8.61. The van der Waals surface area contributed by atoms with Crippen LogP contribution >= 0.6 is 12.4 Å². The Hall–Kier alpha value is -1.06. The third-order valence-electron chi connectivity index (χ3n) is 3.49. The van der Waals surface area contributed by atoms with Crippen LogP contribution in [0.2, 0.25) is 0 Å². The standard InChI is InChI=1S/C15H24N2O.ClH/c1-5-15(16,6-2)10-17-14(18)13-8-11(3)7-12(4)9-13;/h7-9H,5-6,10,16H2,1-4H3,(H,17,18);1H. The van der Waals surface area contributed by atoms with E-state index in [0.29, 0.717) is 12.1 Å². The van der Waals surface area contributed by atoms with Crippen LogP contribution in [0.5, 0.6) is 0 Å². The molecule has 0 bridgehead atoms. The molecule has 0 unspecified atom stereocenters. The van der Waals surface area contributed by atoms with Gasteiger partial charge in [-0.25, -0.2) is 0 Å². The number of hydrogen-bond donors (Lipinski definition) is 2. The average molecular weight is 285 g/mol. The van der Waals surface area contributed by atoms with Gasteiger partial charge in [-0.3, -0.25) is 4.79 Å². The molecule has 1 amide bonds. The Bertz CT molecular complexity index is 408. The predicted molar refractivity (Wildman–Crippen MR) is 83.0 cm³/mol. The van der Waals surface area contributed by atoms with E-state index in [1.807, 2.05) is 39.8 Å². The van der Waals surface area contributed by atoms with E-state index >= 15 is 0 Å². The average Bonchev–Trinajstić information content (AvgIpc) is 2.34. The van der Waals surface area contributed by atoms with E-state index in [1.165, 1.54) is 0 Å². The van der Waals surface area contributed by atoms with Gasteiger partial charge in [-0.2, -0.15) is 0 Å². The van der Waals surface area contributed by atoms with Gasteiger partial charge in [0.25, 0.3) is 5.91 Å². The molecule has 0 radical (unpaired) electrons. The molecule has 0 saturated heterocycles. The zero-order chi connectivity index (χ0) is 13.8. The number of aryl methyl sites for hydroxylation is 2. The molecule has 1 aromatic carbocycles. The number of nitrogens with two attached hydrogens (primary N) is 1. The molecular weight excluding hydrogens is 260 g/mol. The monoisotopic (exact) mass is 284 g/mol. The van der Waals surface area contributed by atoms with Gasteiger partial charge in [0.15, 0.2) is 0 Å². The minimum atomic E-state index is -0.297. The van der Waals surface area contributed by atoms with Crippen LogP contribution in [0.4, 0.5) is 0 Å². The zero-order valence-electron chi connectivity index (χ0n) is 12.2.